The van der Waals surface area contributed by atoms with E-state index < -0.39 is 0 Å². The van der Waals surface area contributed by atoms with Crippen LogP contribution in [-0.2, 0) is 0 Å². The van der Waals surface area contributed by atoms with Crippen LogP contribution in [0.2, 0.25) is 0 Å². The summed E-state index contributed by atoms with van der Waals surface area (Å²) in [4.78, 5) is 8.77. The van der Waals surface area contributed by atoms with Crippen LogP contribution in [0.5, 0.6) is 0 Å². The monoisotopic (exact) mass is 372 g/mol. The molecule has 1 aromatic carbocycles. The fourth-order valence-corrected chi connectivity index (χ4v) is 2.31. The van der Waals surface area contributed by atoms with E-state index in [9.17, 15) is 0 Å². The third-order valence-electron chi connectivity index (χ3n) is 2.28. The first kappa shape index (κ1) is 13.4. The molecule has 1 heterocycles. The van der Waals surface area contributed by atoms with Crippen molar-refractivity contribution in [3.8, 4) is 0 Å². The van der Waals surface area contributed by atoms with Crippen molar-refractivity contribution in [3.63, 3.8) is 0 Å². The number of halogens is 1. The molecule has 0 saturated heterocycles. The predicted molar refractivity (Wildman–Crippen MR) is 85.8 cm³/mol. The summed E-state index contributed by atoms with van der Waals surface area (Å²) in [6.07, 6.45) is 1.96. The Labute approximate surface area is 124 Å². The fourth-order valence-electron chi connectivity index (χ4n) is 1.41. The highest BCUT2D eigenvalue weighted by Crippen LogP contribution is 2.23. The van der Waals surface area contributed by atoms with Gasteiger partial charge in [-0.05, 0) is 41.0 Å². The molecule has 0 aliphatic carbocycles. The summed E-state index contributed by atoms with van der Waals surface area (Å²) in [7, 11) is 1.85. The van der Waals surface area contributed by atoms with Crippen molar-refractivity contribution in [2.24, 2.45) is 0 Å². The normalized spacial score (nSPS) is 10.2. The summed E-state index contributed by atoms with van der Waals surface area (Å²) in [6, 6.07) is 9.99. The number of rotatable bonds is 4. The largest absolute Gasteiger partial charge is 0.373 e. The number of anilines is 3. The Hall–Kier alpha value is -1.02. The van der Waals surface area contributed by atoms with E-state index in [1.165, 1.54) is 11.8 Å². The van der Waals surface area contributed by atoms with Gasteiger partial charge in [-0.3, -0.25) is 0 Å². The van der Waals surface area contributed by atoms with Gasteiger partial charge in [0.15, 0.2) is 5.16 Å². The average molecular weight is 372 g/mol. The maximum atomic E-state index is 4.43. The van der Waals surface area contributed by atoms with Crippen molar-refractivity contribution < 1.29 is 0 Å². The highest BCUT2D eigenvalue weighted by molar-refractivity contribution is 14.1. The van der Waals surface area contributed by atoms with Crippen LogP contribution in [0.3, 0.4) is 0 Å². The molecule has 0 aliphatic heterocycles. The average Bonchev–Trinajstić information content (AvgIpc) is 2.41. The Morgan fingerprint density at radius 2 is 1.89 bits per heavy atom. The molecule has 0 fully saturated rings. The Kier molecular flexibility index (Phi) is 4.65. The van der Waals surface area contributed by atoms with Gasteiger partial charge >= 0.3 is 0 Å². The van der Waals surface area contributed by atoms with E-state index in [4.69, 9.17) is 0 Å². The Morgan fingerprint density at radius 1 is 1.17 bits per heavy atom. The minimum absolute atomic E-state index is 0.746. The molecule has 0 amide bonds. The second kappa shape index (κ2) is 6.24. The van der Waals surface area contributed by atoms with Gasteiger partial charge in [0.1, 0.15) is 11.6 Å². The standard InChI is InChI=1S/C12H13IN4S/c1-14-10-7-11(17-12(16-10)18-2)15-9-6-4-3-5-8(9)13/h3-7H,1-2H3,(H2,14,15,16,17). The SMILES string of the molecule is CNc1cc(Nc2ccccc2I)nc(SC)n1. The summed E-state index contributed by atoms with van der Waals surface area (Å²) in [5.74, 6) is 1.60. The smallest absolute Gasteiger partial charge is 0.191 e. The zero-order valence-electron chi connectivity index (χ0n) is 10.1. The molecule has 0 atom stereocenters. The van der Waals surface area contributed by atoms with Crippen molar-refractivity contribution in [2.45, 2.75) is 5.16 Å². The van der Waals surface area contributed by atoms with Crippen LogP contribution < -0.4 is 10.6 Å². The molecule has 94 valence electrons. The van der Waals surface area contributed by atoms with Crippen LogP contribution in [-0.4, -0.2) is 23.3 Å². The molecular weight excluding hydrogens is 359 g/mol. The van der Waals surface area contributed by atoms with Crippen LogP contribution in [0.4, 0.5) is 17.3 Å². The van der Waals surface area contributed by atoms with Gasteiger partial charge < -0.3 is 10.6 Å². The Bertz CT molecular complexity index is 525. The third-order valence-corrected chi connectivity index (χ3v) is 3.77. The fraction of sp³-hybridized carbons (Fsp3) is 0.167. The number of nitrogens with zero attached hydrogens (tertiary/aromatic N) is 2. The number of aromatic nitrogens is 2. The van der Waals surface area contributed by atoms with E-state index in [1.54, 1.807) is 0 Å². The Balaban J connectivity index is 2.31. The van der Waals surface area contributed by atoms with Gasteiger partial charge in [-0.1, -0.05) is 23.9 Å². The molecule has 0 saturated carbocycles. The summed E-state index contributed by atoms with van der Waals surface area (Å²) >= 11 is 3.82. The lowest BCUT2D eigenvalue weighted by atomic mass is 10.3. The van der Waals surface area contributed by atoms with E-state index in [2.05, 4.69) is 49.3 Å². The predicted octanol–water partition coefficient (Wildman–Crippen LogP) is 3.59. The maximum Gasteiger partial charge on any atom is 0.191 e. The summed E-state index contributed by atoms with van der Waals surface area (Å²) in [6.45, 7) is 0. The van der Waals surface area contributed by atoms with Gasteiger partial charge in [-0.2, -0.15) is 0 Å². The molecule has 2 rings (SSSR count). The molecule has 0 spiro atoms. The molecule has 0 radical (unpaired) electrons. The van der Waals surface area contributed by atoms with E-state index in [0.717, 1.165) is 26.0 Å². The molecule has 0 bridgehead atoms. The molecule has 2 aromatic rings. The second-order valence-electron chi connectivity index (χ2n) is 3.48. The van der Waals surface area contributed by atoms with Crippen LogP contribution in [0.15, 0.2) is 35.5 Å². The summed E-state index contributed by atoms with van der Waals surface area (Å²) < 4.78 is 1.16. The van der Waals surface area contributed by atoms with E-state index in [1.807, 2.05) is 37.6 Å². The molecular formula is C12H13IN4S. The summed E-state index contributed by atoms with van der Waals surface area (Å²) in [5, 5.41) is 7.09. The van der Waals surface area contributed by atoms with Crippen molar-refractivity contribution in [1.29, 1.82) is 0 Å². The first-order valence-corrected chi connectivity index (χ1v) is 7.65. The summed E-state index contributed by atoms with van der Waals surface area (Å²) in [5.41, 5.74) is 1.05. The third kappa shape index (κ3) is 3.26. The van der Waals surface area contributed by atoms with E-state index in [0.29, 0.717) is 0 Å². The van der Waals surface area contributed by atoms with Gasteiger partial charge in [0.05, 0.1) is 5.69 Å². The zero-order chi connectivity index (χ0) is 13.0. The number of para-hydroxylation sites is 1. The topological polar surface area (TPSA) is 49.8 Å². The highest BCUT2D eigenvalue weighted by atomic mass is 127. The lowest BCUT2D eigenvalue weighted by Gasteiger charge is -2.10. The van der Waals surface area contributed by atoms with E-state index >= 15 is 0 Å². The lowest BCUT2D eigenvalue weighted by molar-refractivity contribution is 0.977. The maximum absolute atomic E-state index is 4.43. The minimum atomic E-state index is 0.746. The van der Waals surface area contributed by atoms with Crippen LogP contribution in [0.25, 0.3) is 0 Å². The van der Waals surface area contributed by atoms with Gasteiger partial charge in [-0.15, -0.1) is 0 Å². The number of benzene rings is 1. The van der Waals surface area contributed by atoms with Crippen LogP contribution in [0, 0.1) is 3.57 Å². The van der Waals surface area contributed by atoms with Gasteiger partial charge in [0.25, 0.3) is 0 Å². The number of nitrogens with one attached hydrogen (secondary N) is 2. The van der Waals surface area contributed by atoms with Crippen LogP contribution >= 0.6 is 34.4 Å². The molecule has 0 aliphatic rings. The molecule has 1 aromatic heterocycles. The first-order valence-electron chi connectivity index (χ1n) is 5.35. The number of hydrogen-bond acceptors (Lipinski definition) is 5. The van der Waals surface area contributed by atoms with Crippen molar-refractivity contribution >= 4 is 51.7 Å². The van der Waals surface area contributed by atoms with Gasteiger partial charge in [0, 0.05) is 16.7 Å². The molecule has 0 unspecified atom stereocenters. The van der Waals surface area contributed by atoms with Crippen molar-refractivity contribution in [3.05, 3.63) is 33.9 Å². The minimum Gasteiger partial charge on any atom is -0.373 e. The molecule has 18 heavy (non-hydrogen) atoms. The van der Waals surface area contributed by atoms with Gasteiger partial charge in [0.2, 0.25) is 0 Å². The van der Waals surface area contributed by atoms with E-state index in [-0.39, 0.29) is 0 Å². The zero-order valence-corrected chi connectivity index (χ0v) is 13.0. The number of hydrogen-bond donors (Lipinski definition) is 2. The van der Waals surface area contributed by atoms with Crippen molar-refractivity contribution in [2.75, 3.05) is 23.9 Å². The van der Waals surface area contributed by atoms with Gasteiger partial charge in [-0.25, -0.2) is 9.97 Å². The molecule has 2 N–H and O–H groups in total. The molecule has 4 nitrogen and oxygen atoms in total. The Morgan fingerprint density at radius 3 is 2.56 bits per heavy atom. The quantitative estimate of drug-likeness (QED) is 0.488. The molecule has 6 heteroatoms. The first-order chi connectivity index (χ1) is 8.72. The van der Waals surface area contributed by atoms with Crippen LogP contribution in [0.1, 0.15) is 0 Å². The number of thioether (sulfide) groups is 1. The highest BCUT2D eigenvalue weighted by Gasteiger charge is 2.05. The van der Waals surface area contributed by atoms with Crippen molar-refractivity contribution in [1.82, 2.24) is 9.97 Å². The lowest BCUT2D eigenvalue weighted by Crippen LogP contribution is -2.01. The second-order valence-corrected chi connectivity index (χ2v) is 5.42.